The molecule has 0 unspecified atom stereocenters. The zero-order chi connectivity index (χ0) is 22.1. The summed E-state index contributed by atoms with van der Waals surface area (Å²) in [4.78, 5) is 12.5. The van der Waals surface area contributed by atoms with Gasteiger partial charge < -0.3 is 19.5 Å². The smallest absolute Gasteiger partial charge is 0.347 e. The van der Waals surface area contributed by atoms with Crippen molar-refractivity contribution in [2.24, 2.45) is 5.10 Å². The van der Waals surface area contributed by atoms with Crippen LogP contribution in [0.4, 0.5) is 5.69 Å². The highest BCUT2D eigenvalue weighted by molar-refractivity contribution is 7.80. The SMILES string of the molecule is COc1cc(/C=N/NC(=S)Nc2ccccc2)ccc1OC(=O)c1ccccc1OC. The number of nitrogens with zero attached hydrogens (tertiary/aromatic N) is 1. The lowest BCUT2D eigenvalue weighted by Crippen LogP contribution is -2.23. The van der Waals surface area contributed by atoms with Crippen LogP contribution in [0.3, 0.4) is 0 Å². The molecule has 0 amide bonds. The summed E-state index contributed by atoms with van der Waals surface area (Å²) >= 11 is 5.21. The van der Waals surface area contributed by atoms with E-state index in [4.69, 9.17) is 26.4 Å². The number of hydrogen-bond donors (Lipinski definition) is 2. The number of anilines is 1. The standard InChI is InChI=1S/C23H21N3O4S/c1-28-19-11-7-6-10-18(19)22(27)30-20-13-12-16(14-21(20)29-2)15-24-26-23(31)25-17-8-4-3-5-9-17/h3-15H,1-2H3,(H2,25,26,31)/b24-15+. The number of hydrazone groups is 1. The first-order valence-corrected chi connectivity index (χ1v) is 9.70. The van der Waals surface area contributed by atoms with Gasteiger partial charge in [0.25, 0.3) is 0 Å². The van der Waals surface area contributed by atoms with Gasteiger partial charge in [0.15, 0.2) is 16.6 Å². The minimum absolute atomic E-state index is 0.282. The summed E-state index contributed by atoms with van der Waals surface area (Å²) in [6.07, 6.45) is 1.58. The average molecular weight is 436 g/mol. The Morgan fingerprint density at radius 2 is 1.61 bits per heavy atom. The van der Waals surface area contributed by atoms with Crippen LogP contribution < -0.4 is 25.0 Å². The van der Waals surface area contributed by atoms with Gasteiger partial charge in [-0.05, 0) is 60.2 Å². The van der Waals surface area contributed by atoms with Gasteiger partial charge in [0.2, 0.25) is 0 Å². The maximum Gasteiger partial charge on any atom is 0.347 e. The number of esters is 1. The number of hydrogen-bond acceptors (Lipinski definition) is 6. The van der Waals surface area contributed by atoms with Gasteiger partial charge >= 0.3 is 5.97 Å². The molecule has 3 aromatic carbocycles. The molecule has 0 spiro atoms. The van der Waals surface area contributed by atoms with Crippen LogP contribution in [0.5, 0.6) is 17.2 Å². The third-order valence-electron chi connectivity index (χ3n) is 4.13. The van der Waals surface area contributed by atoms with Crippen LogP contribution in [0.1, 0.15) is 15.9 Å². The molecule has 3 rings (SSSR count). The van der Waals surface area contributed by atoms with Crippen molar-refractivity contribution in [3.05, 3.63) is 83.9 Å². The number of thiocarbonyl (C=S) groups is 1. The maximum absolute atomic E-state index is 12.5. The zero-order valence-corrected chi connectivity index (χ0v) is 17.8. The fraction of sp³-hybridized carbons (Fsp3) is 0.0870. The van der Waals surface area contributed by atoms with Gasteiger partial charge in [0, 0.05) is 5.69 Å². The Morgan fingerprint density at radius 1 is 0.903 bits per heavy atom. The van der Waals surface area contributed by atoms with E-state index in [2.05, 4.69) is 15.8 Å². The summed E-state index contributed by atoms with van der Waals surface area (Å²) in [5.41, 5.74) is 4.65. The second-order valence-corrected chi connectivity index (χ2v) is 6.60. The largest absolute Gasteiger partial charge is 0.496 e. The minimum atomic E-state index is -0.545. The van der Waals surface area contributed by atoms with Crippen LogP contribution in [0.15, 0.2) is 77.9 Å². The normalized spacial score (nSPS) is 10.4. The van der Waals surface area contributed by atoms with Gasteiger partial charge in [-0.1, -0.05) is 30.3 Å². The Labute approximate surface area is 185 Å². The minimum Gasteiger partial charge on any atom is -0.496 e. The molecule has 3 aromatic rings. The third kappa shape index (κ3) is 6.03. The summed E-state index contributed by atoms with van der Waals surface area (Å²) in [5, 5.41) is 7.49. The first-order valence-electron chi connectivity index (χ1n) is 9.29. The van der Waals surface area contributed by atoms with Crippen LogP contribution in [0, 0.1) is 0 Å². The summed E-state index contributed by atoms with van der Waals surface area (Å²) in [7, 11) is 2.99. The summed E-state index contributed by atoms with van der Waals surface area (Å²) in [6.45, 7) is 0. The maximum atomic E-state index is 12.5. The lowest BCUT2D eigenvalue weighted by atomic mass is 10.2. The van der Waals surface area contributed by atoms with Crippen molar-refractivity contribution < 1.29 is 19.0 Å². The van der Waals surface area contributed by atoms with Gasteiger partial charge in [-0.3, -0.25) is 5.43 Å². The summed E-state index contributed by atoms with van der Waals surface area (Å²) < 4.78 is 16.1. The molecular weight excluding hydrogens is 414 g/mol. The molecule has 0 aliphatic heterocycles. The molecule has 0 aliphatic carbocycles. The number of nitrogens with one attached hydrogen (secondary N) is 2. The van der Waals surface area contributed by atoms with Crippen LogP contribution in [-0.2, 0) is 0 Å². The van der Waals surface area contributed by atoms with E-state index < -0.39 is 5.97 Å². The van der Waals surface area contributed by atoms with Gasteiger partial charge in [0.1, 0.15) is 11.3 Å². The molecule has 0 fully saturated rings. The Morgan fingerprint density at radius 3 is 2.35 bits per heavy atom. The van der Waals surface area contributed by atoms with Gasteiger partial charge in [-0.25, -0.2) is 4.79 Å². The van der Waals surface area contributed by atoms with Crippen molar-refractivity contribution in [3.63, 3.8) is 0 Å². The van der Waals surface area contributed by atoms with E-state index in [1.807, 2.05) is 30.3 Å². The number of benzene rings is 3. The molecular formula is C23H21N3O4S. The fourth-order valence-corrected chi connectivity index (χ4v) is 2.83. The fourth-order valence-electron chi connectivity index (χ4n) is 2.66. The number of carbonyl (C=O) groups is 1. The van der Waals surface area contributed by atoms with Crippen LogP contribution in [0.2, 0.25) is 0 Å². The molecule has 0 atom stereocenters. The predicted molar refractivity (Wildman–Crippen MR) is 124 cm³/mol. The molecule has 8 heteroatoms. The highest BCUT2D eigenvalue weighted by atomic mass is 32.1. The monoisotopic (exact) mass is 435 g/mol. The lowest BCUT2D eigenvalue weighted by molar-refractivity contribution is 0.0726. The number of rotatable bonds is 7. The number of methoxy groups -OCH3 is 2. The van der Waals surface area contributed by atoms with Crippen LogP contribution >= 0.6 is 12.2 Å². The van der Waals surface area contributed by atoms with Crippen molar-refractivity contribution >= 4 is 35.2 Å². The number of carbonyl (C=O) groups excluding carboxylic acids is 1. The topological polar surface area (TPSA) is 81.2 Å². The van der Waals surface area contributed by atoms with Gasteiger partial charge in [-0.2, -0.15) is 5.10 Å². The highest BCUT2D eigenvalue weighted by Crippen LogP contribution is 2.29. The number of ether oxygens (including phenoxy) is 3. The summed E-state index contributed by atoms with van der Waals surface area (Å²) in [5.74, 6) is 0.555. The van der Waals surface area contributed by atoms with E-state index in [0.29, 0.717) is 22.2 Å². The molecule has 0 radical (unpaired) electrons. The molecule has 0 aromatic heterocycles. The van der Waals surface area contributed by atoms with Gasteiger partial charge in [-0.15, -0.1) is 0 Å². The Hall–Kier alpha value is -3.91. The van der Waals surface area contributed by atoms with Gasteiger partial charge in [0.05, 0.1) is 20.4 Å². The molecule has 0 saturated heterocycles. The van der Waals surface area contributed by atoms with Crippen molar-refractivity contribution in [2.75, 3.05) is 19.5 Å². The third-order valence-corrected chi connectivity index (χ3v) is 4.32. The lowest BCUT2D eigenvalue weighted by Gasteiger charge is -2.11. The van der Waals surface area contributed by atoms with Crippen molar-refractivity contribution in [1.29, 1.82) is 0 Å². The van der Waals surface area contributed by atoms with E-state index in [1.54, 1.807) is 48.7 Å². The van der Waals surface area contributed by atoms with Crippen LogP contribution in [0.25, 0.3) is 0 Å². The Balaban J connectivity index is 1.64. The predicted octanol–water partition coefficient (Wildman–Crippen LogP) is 4.24. The molecule has 0 aliphatic rings. The summed E-state index contributed by atoms with van der Waals surface area (Å²) in [6, 6.07) is 21.4. The molecule has 31 heavy (non-hydrogen) atoms. The van der Waals surface area contributed by atoms with Crippen molar-refractivity contribution in [1.82, 2.24) is 5.43 Å². The molecule has 158 valence electrons. The molecule has 0 heterocycles. The molecule has 0 bridgehead atoms. The van der Waals surface area contributed by atoms with E-state index >= 15 is 0 Å². The van der Waals surface area contributed by atoms with E-state index in [-0.39, 0.29) is 5.75 Å². The number of para-hydroxylation sites is 2. The quantitative estimate of drug-likeness (QED) is 0.189. The van der Waals surface area contributed by atoms with Crippen molar-refractivity contribution in [2.45, 2.75) is 0 Å². The molecule has 0 saturated carbocycles. The zero-order valence-electron chi connectivity index (χ0n) is 17.0. The highest BCUT2D eigenvalue weighted by Gasteiger charge is 2.16. The van der Waals surface area contributed by atoms with E-state index in [0.717, 1.165) is 11.3 Å². The first kappa shape index (κ1) is 21.8. The molecule has 7 nitrogen and oxygen atoms in total. The second kappa shape index (κ2) is 10.7. The van der Waals surface area contributed by atoms with E-state index in [9.17, 15) is 4.79 Å². The van der Waals surface area contributed by atoms with E-state index in [1.165, 1.54) is 14.2 Å². The Bertz CT molecular complexity index is 1090. The molecule has 2 N–H and O–H groups in total. The second-order valence-electron chi connectivity index (χ2n) is 6.19. The first-order chi connectivity index (χ1) is 15.1. The Kier molecular flexibility index (Phi) is 7.56. The van der Waals surface area contributed by atoms with Crippen molar-refractivity contribution in [3.8, 4) is 17.2 Å². The van der Waals surface area contributed by atoms with Crippen LogP contribution in [-0.4, -0.2) is 31.5 Å². The average Bonchev–Trinajstić information content (AvgIpc) is 2.80.